The van der Waals surface area contributed by atoms with Gasteiger partial charge < -0.3 is 4.42 Å². The Morgan fingerprint density at radius 1 is 1.21 bits per heavy atom. The summed E-state index contributed by atoms with van der Waals surface area (Å²) in [5.41, 5.74) is 6.21. The molecule has 4 aromatic rings. The number of hydrogen-bond acceptors (Lipinski definition) is 6. The fourth-order valence-electron chi connectivity index (χ4n) is 3.88. The lowest BCUT2D eigenvalue weighted by Gasteiger charge is -2.11. The van der Waals surface area contributed by atoms with Gasteiger partial charge in [0, 0.05) is 34.7 Å². The van der Waals surface area contributed by atoms with Gasteiger partial charge in [-0.1, -0.05) is 0 Å². The van der Waals surface area contributed by atoms with Crippen molar-refractivity contribution in [3.8, 4) is 11.3 Å². The fraction of sp³-hybridized carbons (Fsp3) is 0.300. The summed E-state index contributed by atoms with van der Waals surface area (Å²) in [7, 11) is -3.45. The maximum Gasteiger partial charge on any atom is 0.264 e. The van der Waals surface area contributed by atoms with Crippen LogP contribution in [0.15, 0.2) is 40.9 Å². The average Bonchev–Trinajstić information content (AvgIpc) is 3.36. The van der Waals surface area contributed by atoms with Gasteiger partial charge in [0.15, 0.2) is 5.65 Å². The molecule has 0 saturated heterocycles. The van der Waals surface area contributed by atoms with Gasteiger partial charge in [-0.25, -0.2) is 9.50 Å². The zero-order chi connectivity index (χ0) is 19.3. The summed E-state index contributed by atoms with van der Waals surface area (Å²) in [4.78, 5) is 4.74. The van der Waals surface area contributed by atoms with Gasteiger partial charge in [0.1, 0.15) is 11.3 Å². The highest BCUT2D eigenvalue weighted by atomic mass is 32.2. The van der Waals surface area contributed by atoms with E-state index >= 15 is 0 Å². The quantitative estimate of drug-likeness (QED) is 0.481. The van der Waals surface area contributed by atoms with Crippen LogP contribution >= 0.6 is 0 Å². The van der Waals surface area contributed by atoms with Crippen molar-refractivity contribution in [1.29, 1.82) is 0 Å². The van der Waals surface area contributed by atoms with Gasteiger partial charge in [-0.3, -0.25) is 4.18 Å². The highest BCUT2D eigenvalue weighted by Gasteiger charge is 2.21. The number of fused-ring (bicyclic) bond motifs is 3. The van der Waals surface area contributed by atoms with E-state index in [1.807, 2.05) is 28.8 Å². The third kappa shape index (κ3) is 3.08. The Morgan fingerprint density at radius 2 is 2.11 bits per heavy atom. The van der Waals surface area contributed by atoms with E-state index < -0.39 is 10.1 Å². The first-order chi connectivity index (χ1) is 13.5. The molecule has 28 heavy (non-hydrogen) atoms. The minimum Gasteiger partial charge on any atom is -0.461 e. The molecular formula is C20H19N3O4S. The molecule has 5 rings (SSSR count). The van der Waals surface area contributed by atoms with Crippen LogP contribution in [0, 0.1) is 0 Å². The predicted octanol–water partition coefficient (Wildman–Crippen LogP) is 3.15. The summed E-state index contributed by atoms with van der Waals surface area (Å²) in [6.45, 7) is 0.0668. The van der Waals surface area contributed by atoms with Crippen molar-refractivity contribution in [2.75, 3.05) is 12.9 Å². The molecule has 3 aromatic heterocycles. The lowest BCUT2D eigenvalue weighted by Crippen LogP contribution is -2.05. The van der Waals surface area contributed by atoms with Crippen LogP contribution in [0.1, 0.15) is 23.4 Å². The number of nitrogens with zero attached hydrogens (tertiary/aromatic N) is 3. The molecule has 7 nitrogen and oxygen atoms in total. The van der Waals surface area contributed by atoms with Crippen LogP contribution in [-0.2, 0) is 33.6 Å². The van der Waals surface area contributed by atoms with E-state index in [9.17, 15) is 8.42 Å². The lowest BCUT2D eigenvalue weighted by molar-refractivity contribution is 0.316. The molecule has 0 atom stereocenters. The number of aryl methyl sites for hydroxylation is 1. The summed E-state index contributed by atoms with van der Waals surface area (Å²) in [6.07, 6.45) is 6.33. The molecule has 144 valence electrons. The van der Waals surface area contributed by atoms with E-state index in [1.165, 1.54) is 5.56 Å². The predicted molar refractivity (Wildman–Crippen MR) is 105 cm³/mol. The van der Waals surface area contributed by atoms with Gasteiger partial charge in [-0.2, -0.15) is 13.5 Å². The van der Waals surface area contributed by atoms with Gasteiger partial charge in [0.25, 0.3) is 10.1 Å². The minimum absolute atomic E-state index is 0.0668. The van der Waals surface area contributed by atoms with Crippen molar-refractivity contribution in [3.05, 3.63) is 53.5 Å². The van der Waals surface area contributed by atoms with E-state index in [-0.39, 0.29) is 6.61 Å². The molecule has 1 aliphatic carbocycles. The topological polar surface area (TPSA) is 86.7 Å². The Labute approximate surface area is 162 Å². The van der Waals surface area contributed by atoms with Crippen LogP contribution in [0.25, 0.3) is 27.9 Å². The molecule has 0 spiro atoms. The maximum absolute atomic E-state index is 11.1. The fourth-order valence-corrected chi connectivity index (χ4v) is 4.27. The highest BCUT2D eigenvalue weighted by Crippen LogP contribution is 2.34. The number of aromatic nitrogens is 3. The van der Waals surface area contributed by atoms with Crippen LogP contribution in [-0.4, -0.2) is 35.9 Å². The van der Waals surface area contributed by atoms with Crippen LogP contribution in [0.5, 0.6) is 0 Å². The van der Waals surface area contributed by atoms with Crippen molar-refractivity contribution >= 4 is 26.7 Å². The molecule has 0 radical (unpaired) electrons. The first-order valence-electron chi connectivity index (χ1n) is 9.21. The normalized spacial score (nSPS) is 14.2. The van der Waals surface area contributed by atoms with Crippen LogP contribution in [0.4, 0.5) is 0 Å². The second-order valence-electron chi connectivity index (χ2n) is 7.08. The Balaban J connectivity index is 1.54. The number of rotatable bonds is 5. The first kappa shape index (κ1) is 17.4. The maximum atomic E-state index is 11.1. The van der Waals surface area contributed by atoms with E-state index in [0.717, 1.165) is 59.1 Å². The smallest absolute Gasteiger partial charge is 0.264 e. The lowest BCUT2D eigenvalue weighted by atomic mass is 10.0. The zero-order valence-electron chi connectivity index (χ0n) is 15.4. The van der Waals surface area contributed by atoms with E-state index in [4.69, 9.17) is 13.6 Å². The third-order valence-corrected chi connectivity index (χ3v) is 5.64. The number of furan rings is 1. The van der Waals surface area contributed by atoms with Gasteiger partial charge in [0.2, 0.25) is 0 Å². The molecule has 0 fully saturated rings. The van der Waals surface area contributed by atoms with Crippen LogP contribution in [0.3, 0.4) is 0 Å². The standard InChI is InChI=1S/C20H19N3O4S/c1-28(24,25)26-10-8-15-12-14-11-13(5-6-18(14)27-15)20-16-3-2-4-17(16)22-19-7-9-21-23(19)20/h5-7,9,11-12H,2-4,8,10H2,1H3. The Bertz CT molecular complexity index is 1300. The molecule has 0 bridgehead atoms. The van der Waals surface area contributed by atoms with Crippen LogP contribution < -0.4 is 0 Å². The number of benzene rings is 1. The van der Waals surface area contributed by atoms with Gasteiger partial charge in [-0.05, 0) is 43.5 Å². The van der Waals surface area contributed by atoms with Crippen molar-refractivity contribution in [2.24, 2.45) is 0 Å². The Kier molecular flexibility index (Phi) is 3.99. The van der Waals surface area contributed by atoms with E-state index in [2.05, 4.69) is 11.2 Å². The molecule has 1 aliphatic rings. The number of hydrogen-bond donors (Lipinski definition) is 0. The molecule has 0 aliphatic heterocycles. The van der Waals surface area contributed by atoms with Gasteiger partial charge in [0.05, 0.1) is 24.8 Å². The second-order valence-corrected chi connectivity index (χ2v) is 8.73. The molecule has 0 unspecified atom stereocenters. The van der Waals surface area contributed by atoms with Crippen molar-refractivity contribution in [3.63, 3.8) is 0 Å². The summed E-state index contributed by atoms with van der Waals surface area (Å²) in [5, 5.41) is 5.45. The highest BCUT2D eigenvalue weighted by molar-refractivity contribution is 7.85. The Morgan fingerprint density at radius 3 is 2.96 bits per heavy atom. The minimum atomic E-state index is -3.45. The second kappa shape index (κ2) is 6.42. The zero-order valence-corrected chi connectivity index (χ0v) is 16.2. The van der Waals surface area contributed by atoms with Gasteiger partial charge >= 0.3 is 0 Å². The van der Waals surface area contributed by atoms with Crippen molar-refractivity contribution in [1.82, 2.24) is 14.6 Å². The van der Waals surface area contributed by atoms with Crippen LogP contribution in [0.2, 0.25) is 0 Å². The molecule has 0 saturated carbocycles. The molecule has 0 amide bonds. The van der Waals surface area contributed by atoms with Crippen molar-refractivity contribution < 1.29 is 17.0 Å². The largest absolute Gasteiger partial charge is 0.461 e. The SMILES string of the molecule is CS(=O)(=O)OCCc1cc2cc(-c3c4c(nc5ccnn35)CCC4)ccc2o1. The summed E-state index contributed by atoms with van der Waals surface area (Å²) < 4.78 is 34.8. The summed E-state index contributed by atoms with van der Waals surface area (Å²) >= 11 is 0. The molecule has 8 heteroatoms. The summed E-state index contributed by atoms with van der Waals surface area (Å²) in [6, 6.07) is 9.94. The molecule has 1 aromatic carbocycles. The summed E-state index contributed by atoms with van der Waals surface area (Å²) in [5.74, 6) is 0.694. The average molecular weight is 397 g/mol. The van der Waals surface area contributed by atoms with E-state index in [1.54, 1.807) is 6.20 Å². The molecule has 0 N–H and O–H groups in total. The Hall–Kier alpha value is -2.71. The molecular weight excluding hydrogens is 378 g/mol. The van der Waals surface area contributed by atoms with E-state index in [0.29, 0.717) is 12.2 Å². The monoisotopic (exact) mass is 397 g/mol. The molecule has 3 heterocycles. The third-order valence-electron chi connectivity index (χ3n) is 5.05. The van der Waals surface area contributed by atoms with Crippen molar-refractivity contribution in [2.45, 2.75) is 25.7 Å². The van der Waals surface area contributed by atoms with Gasteiger partial charge in [-0.15, -0.1) is 0 Å². The first-order valence-corrected chi connectivity index (χ1v) is 11.0.